The molecule has 4 nitrogen and oxygen atoms in total. The van der Waals surface area contributed by atoms with Crippen LogP contribution in [0.25, 0.3) is 0 Å². The minimum atomic E-state index is -9.53. The molecule has 0 aliphatic rings. The van der Waals surface area contributed by atoms with Crippen LogP contribution in [0.4, 0.5) is 119 Å². The Morgan fingerprint density at radius 2 is 0.674 bits per heavy atom. The average Bonchev–Trinajstić information content (AvgIpc) is 2.81. The van der Waals surface area contributed by atoms with Crippen molar-refractivity contribution in [2.24, 2.45) is 0 Å². The summed E-state index contributed by atoms with van der Waals surface area (Å²) in [7, 11) is -8.04. The van der Waals surface area contributed by atoms with Crippen molar-refractivity contribution in [2.45, 2.75) is 83.4 Å². The zero-order valence-corrected chi connectivity index (χ0v) is 20.3. The van der Waals surface area contributed by atoms with Gasteiger partial charge in [-0.05, 0) is 0 Å². The standard InChI is InChI=1S/C14H3F27O4S/c15-1(16)3(18,19)5(22,23)7(26,27)9(30,31)10(32,33)8(28,29)6(24,25)4(20,21)2(17)45-13(38,39)11(34,35)12(36,37)14(40,41)46(42,43)44/h1-2H,(H,42,43,44). The van der Waals surface area contributed by atoms with E-state index in [2.05, 4.69) is 0 Å². The molecule has 0 spiro atoms. The van der Waals surface area contributed by atoms with Gasteiger partial charge in [0.1, 0.15) is 0 Å². The highest BCUT2D eigenvalue weighted by molar-refractivity contribution is 7.87. The Morgan fingerprint density at radius 1 is 0.413 bits per heavy atom. The van der Waals surface area contributed by atoms with E-state index in [0.29, 0.717) is 0 Å². The Hall–Kier alpha value is -2.02. The molecule has 0 aromatic heterocycles. The van der Waals surface area contributed by atoms with E-state index in [1.807, 2.05) is 0 Å². The number of hydrogen-bond donors (Lipinski definition) is 1. The van der Waals surface area contributed by atoms with Crippen LogP contribution >= 0.6 is 0 Å². The Morgan fingerprint density at radius 3 is 0.935 bits per heavy atom. The van der Waals surface area contributed by atoms with Crippen molar-refractivity contribution in [2.75, 3.05) is 0 Å². The molecule has 0 aliphatic carbocycles. The number of ether oxygens (including phenoxy) is 1. The van der Waals surface area contributed by atoms with Crippen molar-refractivity contribution >= 4 is 10.1 Å². The fourth-order valence-corrected chi connectivity index (χ4v) is 2.74. The first kappa shape index (κ1) is 44.0. The molecule has 0 aliphatic heterocycles. The van der Waals surface area contributed by atoms with Gasteiger partial charge in [0.15, 0.2) is 0 Å². The number of halogens is 27. The molecule has 1 N–H and O–H groups in total. The van der Waals surface area contributed by atoms with Crippen molar-refractivity contribution in [1.82, 2.24) is 0 Å². The second-order valence-corrected chi connectivity index (χ2v) is 9.55. The zero-order valence-electron chi connectivity index (χ0n) is 19.4. The summed E-state index contributed by atoms with van der Waals surface area (Å²) in [5.74, 6) is -89.6. The summed E-state index contributed by atoms with van der Waals surface area (Å²) in [6, 6.07) is 0. The SMILES string of the molecule is O=S(=O)(O)C(F)(F)C(F)(F)C(F)(F)C(F)(F)OC(F)C(F)(F)C(F)(F)C(F)(F)C(F)(F)C(F)(F)C(F)(F)C(F)(F)C(F)(F)C(F)F. The summed E-state index contributed by atoms with van der Waals surface area (Å²) >= 11 is 0. The van der Waals surface area contributed by atoms with Gasteiger partial charge in [0.25, 0.3) is 6.36 Å². The van der Waals surface area contributed by atoms with Crippen molar-refractivity contribution in [3.8, 4) is 0 Å². The molecule has 0 fully saturated rings. The minimum Gasteiger partial charge on any atom is -0.281 e. The van der Waals surface area contributed by atoms with Crippen LogP contribution < -0.4 is 0 Å². The third kappa shape index (κ3) is 5.43. The largest absolute Gasteiger partial charge is 0.438 e. The topological polar surface area (TPSA) is 63.6 Å². The summed E-state index contributed by atoms with van der Waals surface area (Å²) in [5, 5.41) is -7.94. The second-order valence-electron chi connectivity index (χ2n) is 8.08. The van der Waals surface area contributed by atoms with Crippen LogP contribution in [0.1, 0.15) is 0 Å². The van der Waals surface area contributed by atoms with E-state index in [-0.39, 0.29) is 0 Å². The van der Waals surface area contributed by atoms with Gasteiger partial charge in [0.05, 0.1) is 0 Å². The highest BCUT2D eigenvalue weighted by Gasteiger charge is 2.96. The summed E-state index contributed by atoms with van der Waals surface area (Å²) in [6.45, 7) is 0. The van der Waals surface area contributed by atoms with Gasteiger partial charge in [-0.1, -0.05) is 0 Å². The Labute approximate surface area is 231 Å². The van der Waals surface area contributed by atoms with Crippen molar-refractivity contribution in [3.63, 3.8) is 0 Å². The van der Waals surface area contributed by atoms with E-state index in [0.717, 1.165) is 4.74 Å². The first-order valence-corrected chi connectivity index (χ1v) is 10.9. The predicted molar refractivity (Wildman–Crippen MR) is 82.9 cm³/mol. The molecule has 0 amide bonds. The van der Waals surface area contributed by atoms with Gasteiger partial charge in [-0.25, -0.2) is 13.2 Å². The van der Waals surface area contributed by atoms with E-state index in [1.54, 1.807) is 0 Å². The molecule has 0 bridgehead atoms. The molecule has 46 heavy (non-hydrogen) atoms. The van der Waals surface area contributed by atoms with E-state index in [1.165, 1.54) is 0 Å². The summed E-state index contributed by atoms with van der Waals surface area (Å²) in [6.07, 6.45) is -21.9. The van der Waals surface area contributed by atoms with E-state index in [4.69, 9.17) is 4.55 Å². The van der Waals surface area contributed by atoms with Crippen LogP contribution in [0.5, 0.6) is 0 Å². The molecule has 0 aromatic rings. The Balaban J connectivity index is 7.08. The maximum absolute atomic E-state index is 13.6. The fourth-order valence-electron chi connectivity index (χ4n) is 2.29. The smallest absolute Gasteiger partial charge is 0.281 e. The van der Waals surface area contributed by atoms with Crippen molar-refractivity contribution in [1.29, 1.82) is 0 Å². The lowest BCUT2D eigenvalue weighted by molar-refractivity contribution is -0.479. The van der Waals surface area contributed by atoms with Crippen LogP contribution in [0.15, 0.2) is 0 Å². The molecule has 278 valence electrons. The molecule has 0 radical (unpaired) electrons. The maximum Gasteiger partial charge on any atom is 0.438 e. The summed E-state index contributed by atoms with van der Waals surface area (Å²) < 4.78 is 386. The van der Waals surface area contributed by atoms with Crippen LogP contribution in [0.3, 0.4) is 0 Å². The fraction of sp³-hybridized carbons (Fsp3) is 1.00. The second kappa shape index (κ2) is 11.0. The van der Waals surface area contributed by atoms with Crippen LogP contribution in [-0.2, 0) is 14.9 Å². The Bertz CT molecular complexity index is 1220. The van der Waals surface area contributed by atoms with Gasteiger partial charge in [-0.15, -0.1) is 0 Å². The normalized spacial score (nSPS) is 17.5. The van der Waals surface area contributed by atoms with E-state index < -0.39 is 93.5 Å². The maximum atomic E-state index is 13.6. The molecule has 1 unspecified atom stereocenters. The number of rotatable bonds is 15. The van der Waals surface area contributed by atoms with Gasteiger partial charge >= 0.3 is 87.1 Å². The third-order valence-electron chi connectivity index (χ3n) is 5.07. The van der Waals surface area contributed by atoms with Crippen LogP contribution in [-0.4, -0.2) is 96.3 Å². The molecule has 0 rings (SSSR count). The molecule has 0 heterocycles. The quantitative estimate of drug-likeness (QED) is 0.135. The monoisotopic (exact) mass is 780 g/mol. The molecule has 0 saturated heterocycles. The molecule has 0 aromatic carbocycles. The Kier molecular flexibility index (Phi) is 10.5. The van der Waals surface area contributed by atoms with Gasteiger partial charge in [0, 0.05) is 0 Å². The highest BCUT2D eigenvalue weighted by Crippen LogP contribution is 2.65. The third-order valence-corrected chi connectivity index (χ3v) is 5.97. The minimum absolute atomic E-state index is 1.15. The molecular weight excluding hydrogens is 777 g/mol. The molecule has 0 saturated carbocycles. The number of alkyl halides is 27. The first-order valence-electron chi connectivity index (χ1n) is 9.43. The molecular formula is C14H3F27O4S. The predicted octanol–water partition coefficient (Wildman–Crippen LogP) is 7.99. The lowest BCUT2D eigenvalue weighted by Crippen LogP contribution is -2.76. The van der Waals surface area contributed by atoms with Gasteiger partial charge in [-0.2, -0.15) is 114 Å². The van der Waals surface area contributed by atoms with Crippen molar-refractivity contribution < 1.29 is 136 Å². The van der Waals surface area contributed by atoms with Gasteiger partial charge in [-0.3, -0.25) is 9.29 Å². The van der Waals surface area contributed by atoms with Crippen molar-refractivity contribution in [3.05, 3.63) is 0 Å². The van der Waals surface area contributed by atoms with Gasteiger partial charge < -0.3 is 0 Å². The first-order chi connectivity index (χ1) is 19.3. The molecule has 32 heteroatoms. The molecule has 1 atom stereocenters. The highest BCUT2D eigenvalue weighted by atomic mass is 32.2. The van der Waals surface area contributed by atoms with Gasteiger partial charge in [0.2, 0.25) is 0 Å². The lowest BCUT2D eigenvalue weighted by Gasteiger charge is -2.44. The van der Waals surface area contributed by atoms with E-state index >= 15 is 0 Å². The average molecular weight is 780 g/mol. The van der Waals surface area contributed by atoms with Crippen LogP contribution in [0, 0.1) is 0 Å². The van der Waals surface area contributed by atoms with E-state index in [9.17, 15) is 127 Å². The summed E-state index contributed by atoms with van der Waals surface area (Å²) in [5.41, 5.74) is 0. The lowest BCUT2D eigenvalue weighted by atomic mass is 9.87. The summed E-state index contributed by atoms with van der Waals surface area (Å²) in [4.78, 5) is 0. The zero-order chi connectivity index (χ0) is 38.4. The van der Waals surface area contributed by atoms with Crippen LogP contribution in [0.2, 0.25) is 0 Å². The number of hydrogen-bond acceptors (Lipinski definition) is 3.